The smallest absolute Gasteiger partial charge is 0.166 e. The number of halogens is 1. The van der Waals surface area contributed by atoms with Crippen molar-refractivity contribution >= 4 is 0 Å². The summed E-state index contributed by atoms with van der Waals surface area (Å²) >= 11 is 0. The summed E-state index contributed by atoms with van der Waals surface area (Å²) in [6.45, 7) is 1.93. The molecule has 0 fully saturated rings. The Hall–Kier alpha value is -1.29. The average Bonchev–Trinajstić information content (AvgIpc) is 2.35. The third kappa shape index (κ3) is 2.44. The maximum Gasteiger partial charge on any atom is 0.166 e. The third-order valence-electron chi connectivity index (χ3n) is 2.64. The van der Waals surface area contributed by atoms with E-state index in [0.29, 0.717) is 23.6 Å². The lowest BCUT2D eigenvalue weighted by molar-refractivity contribution is 0.344. The molecule has 0 bridgehead atoms. The quantitative estimate of drug-likeness (QED) is 0.839. The molecule has 0 saturated carbocycles. The van der Waals surface area contributed by atoms with Gasteiger partial charge in [-0.1, -0.05) is 6.92 Å². The molecule has 0 aliphatic heterocycles. The highest BCUT2D eigenvalue weighted by molar-refractivity contribution is 5.50. The van der Waals surface area contributed by atoms with Crippen LogP contribution in [0.4, 0.5) is 4.39 Å². The fraction of sp³-hybridized carbons (Fsp3) is 0.500. The molecule has 0 aliphatic rings. The molecule has 0 radical (unpaired) electrons. The molecule has 1 aromatic rings. The molecule has 0 amide bonds. The molecule has 16 heavy (non-hydrogen) atoms. The molecule has 0 aromatic heterocycles. The number of hydrogen-bond donors (Lipinski definition) is 1. The first-order valence-corrected chi connectivity index (χ1v) is 5.18. The lowest BCUT2D eigenvalue weighted by Gasteiger charge is -2.16. The van der Waals surface area contributed by atoms with Crippen LogP contribution in [0.25, 0.3) is 0 Å². The number of methoxy groups -OCH3 is 2. The second kappa shape index (κ2) is 5.70. The summed E-state index contributed by atoms with van der Waals surface area (Å²) in [6.07, 6.45) is 0. The van der Waals surface area contributed by atoms with Gasteiger partial charge in [0.15, 0.2) is 11.5 Å². The van der Waals surface area contributed by atoms with Crippen molar-refractivity contribution < 1.29 is 13.9 Å². The van der Waals surface area contributed by atoms with Crippen molar-refractivity contribution in [1.82, 2.24) is 0 Å². The van der Waals surface area contributed by atoms with Gasteiger partial charge in [0.2, 0.25) is 0 Å². The highest BCUT2D eigenvalue weighted by atomic mass is 19.1. The Labute approximate surface area is 95.4 Å². The van der Waals surface area contributed by atoms with Crippen LogP contribution in [-0.4, -0.2) is 20.8 Å². The average molecular weight is 227 g/mol. The monoisotopic (exact) mass is 227 g/mol. The van der Waals surface area contributed by atoms with Gasteiger partial charge in [-0.25, -0.2) is 4.39 Å². The summed E-state index contributed by atoms with van der Waals surface area (Å²) in [7, 11) is 3.04. The Morgan fingerprint density at radius 3 is 2.44 bits per heavy atom. The fourth-order valence-corrected chi connectivity index (χ4v) is 1.59. The first-order chi connectivity index (χ1) is 7.67. The van der Waals surface area contributed by atoms with Crippen LogP contribution >= 0.6 is 0 Å². The molecule has 0 heterocycles. The van der Waals surface area contributed by atoms with Crippen molar-refractivity contribution in [3.05, 3.63) is 23.3 Å². The van der Waals surface area contributed by atoms with Crippen molar-refractivity contribution in [3.63, 3.8) is 0 Å². The lowest BCUT2D eigenvalue weighted by atomic mass is 9.98. The van der Waals surface area contributed by atoms with E-state index in [4.69, 9.17) is 15.2 Å². The highest BCUT2D eigenvalue weighted by Gasteiger charge is 2.14. The minimum absolute atomic E-state index is 0.171. The van der Waals surface area contributed by atoms with Gasteiger partial charge < -0.3 is 15.2 Å². The molecule has 0 saturated heterocycles. The lowest BCUT2D eigenvalue weighted by Crippen LogP contribution is -2.09. The van der Waals surface area contributed by atoms with Crippen LogP contribution in [0.15, 0.2) is 12.1 Å². The van der Waals surface area contributed by atoms with E-state index < -0.39 is 6.67 Å². The normalized spacial score (nSPS) is 12.3. The standard InChI is InChI=1S/C12H18FNO2/c1-8(7-14)9-4-10(6-13)12(16-3)11(5-9)15-2/h4-5,8H,6-7,14H2,1-3H3. The van der Waals surface area contributed by atoms with Gasteiger partial charge in [-0.3, -0.25) is 0 Å². The molecule has 1 rings (SSSR count). The van der Waals surface area contributed by atoms with Crippen LogP contribution < -0.4 is 15.2 Å². The molecule has 4 heteroatoms. The first-order valence-electron chi connectivity index (χ1n) is 5.18. The van der Waals surface area contributed by atoms with E-state index in [2.05, 4.69) is 0 Å². The third-order valence-corrected chi connectivity index (χ3v) is 2.64. The molecule has 1 aromatic carbocycles. The van der Waals surface area contributed by atoms with Crippen molar-refractivity contribution in [1.29, 1.82) is 0 Å². The highest BCUT2D eigenvalue weighted by Crippen LogP contribution is 2.35. The van der Waals surface area contributed by atoms with Gasteiger partial charge in [0, 0.05) is 5.56 Å². The Morgan fingerprint density at radius 2 is 2.00 bits per heavy atom. The SMILES string of the molecule is COc1cc(C(C)CN)cc(CF)c1OC. The maximum absolute atomic E-state index is 12.9. The molecule has 3 nitrogen and oxygen atoms in total. The van der Waals surface area contributed by atoms with E-state index in [0.717, 1.165) is 5.56 Å². The molecule has 1 unspecified atom stereocenters. The first kappa shape index (κ1) is 12.8. The molecular weight excluding hydrogens is 209 g/mol. The molecule has 0 spiro atoms. The molecule has 90 valence electrons. The number of ether oxygens (including phenoxy) is 2. The van der Waals surface area contributed by atoms with Crippen molar-refractivity contribution in [2.24, 2.45) is 5.73 Å². The number of rotatable bonds is 5. The number of nitrogens with two attached hydrogens (primary N) is 1. The van der Waals surface area contributed by atoms with Gasteiger partial charge in [0.25, 0.3) is 0 Å². The van der Waals surface area contributed by atoms with Gasteiger partial charge in [-0.15, -0.1) is 0 Å². The van der Waals surface area contributed by atoms with Gasteiger partial charge in [-0.05, 0) is 30.2 Å². The van der Waals surface area contributed by atoms with Crippen molar-refractivity contribution in [3.8, 4) is 11.5 Å². The van der Waals surface area contributed by atoms with Crippen LogP contribution in [-0.2, 0) is 6.67 Å². The minimum Gasteiger partial charge on any atom is -0.493 e. The van der Waals surface area contributed by atoms with E-state index >= 15 is 0 Å². The van der Waals surface area contributed by atoms with Gasteiger partial charge >= 0.3 is 0 Å². The summed E-state index contributed by atoms with van der Waals surface area (Å²) < 4.78 is 23.2. The topological polar surface area (TPSA) is 44.5 Å². The molecule has 2 N–H and O–H groups in total. The van der Waals surface area contributed by atoms with Crippen molar-refractivity contribution in [2.45, 2.75) is 19.5 Å². The second-order valence-electron chi connectivity index (χ2n) is 3.69. The largest absolute Gasteiger partial charge is 0.493 e. The Balaban J connectivity index is 3.25. The summed E-state index contributed by atoms with van der Waals surface area (Å²) in [6, 6.07) is 3.62. The zero-order valence-corrected chi connectivity index (χ0v) is 9.92. The predicted octanol–water partition coefficient (Wildman–Crippen LogP) is 2.24. The number of benzene rings is 1. The van der Waals surface area contributed by atoms with E-state index in [9.17, 15) is 4.39 Å². The Kier molecular flexibility index (Phi) is 4.55. The summed E-state index contributed by atoms with van der Waals surface area (Å²) in [5.74, 6) is 1.18. The van der Waals surface area contributed by atoms with Gasteiger partial charge in [0.1, 0.15) is 6.67 Å². The predicted molar refractivity (Wildman–Crippen MR) is 61.8 cm³/mol. The molecular formula is C12H18FNO2. The number of alkyl halides is 1. The van der Waals surface area contributed by atoms with Crippen LogP contribution in [0, 0.1) is 0 Å². The Morgan fingerprint density at radius 1 is 1.31 bits per heavy atom. The summed E-state index contributed by atoms with van der Waals surface area (Å²) in [5, 5.41) is 0. The minimum atomic E-state index is -0.579. The van der Waals surface area contributed by atoms with Crippen molar-refractivity contribution in [2.75, 3.05) is 20.8 Å². The zero-order valence-electron chi connectivity index (χ0n) is 9.92. The fourth-order valence-electron chi connectivity index (χ4n) is 1.59. The van der Waals surface area contributed by atoms with Crippen LogP contribution in [0.3, 0.4) is 0 Å². The summed E-state index contributed by atoms with van der Waals surface area (Å²) in [5.41, 5.74) is 7.05. The van der Waals surface area contributed by atoms with Gasteiger partial charge in [0.05, 0.1) is 14.2 Å². The van der Waals surface area contributed by atoms with Crippen LogP contribution in [0.2, 0.25) is 0 Å². The number of hydrogen-bond acceptors (Lipinski definition) is 3. The molecule has 1 atom stereocenters. The van der Waals surface area contributed by atoms with Crippen LogP contribution in [0.1, 0.15) is 24.0 Å². The maximum atomic E-state index is 12.9. The summed E-state index contributed by atoms with van der Waals surface area (Å²) in [4.78, 5) is 0. The van der Waals surface area contributed by atoms with Crippen LogP contribution in [0.5, 0.6) is 11.5 Å². The zero-order chi connectivity index (χ0) is 12.1. The van der Waals surface area contributed by atoms with Gasteiger partial charge in [-0.2, -0.15) is 0 Å². The second-order valence-corrected chi connectivity index (χ2v) is 3.69. The Bertz CT molecular complexity index is 330. The van der Waals surface area contributed by atoms with E-state index in [1.54, 1.807) is 6.07 Å². The molecule has 0 aliphatic carbocycles. The van der Waals surface area contributed by atoms with E-state index in [1.165, 1.54) is 14.2 Å². The van der Waals surface area contributed by atoms with E-state index in [-0.39, 0.29) is 5.92 Å². The van der Waals surface area contributed by atoms with E-state index in [1.807, 2.05) is 13.0 Å².